The molecule has 0 spiro atoms. The van der Waals surface area contributed by atoms with Crippen LogP contribution in [-0.4, -0.2) is 53.9 Å². The van der Waals surface area contributed by atoms with Gasteiger partial charge in [-0.05, 0) is 17.7 Å². The Morgan fingerprint density at radius 3 is 2.28 bits per heavy atom. The van der Waals surface area contributed by atoms with Crippen molar-refractivity contribution in [3.8, 4) is 17.2 Å². The highest BCUT2D eigenvalue weighted by Gasteiger charge is 2.30. The third kappa shape index (κ3) is 4.01. The molecule has 0 bridgehead atoms. The molecular formula is C20H25N2O6S+. The summed E-state index contributed by atoms with van der Waals surface area (Å²) in [4.78, 5) is 27.8. The van der Waals surface area contributed by atoms with E-state index in [0.717, 1.165) is 30.0 Å². The molecule has 1 aromatic heterocycles. The van der Waals surface area contributed by atoms with Crippen molar-refractivity contribution in [2.24, 2.45) is 0 Å². The van der Waals surface area contributed by atoms with E-state index in [1.165, 1.54) is 44.7 Å². The van der Waals surface area contributed by atoms with Gasteiger partial charge in [0.1, 0.15) is 11.5 Å². The van der Waals surface area contributed by atoms with E-state index in [1.54, 1.807) is 12.1 Å². The molecule has 0 radical (unpaired) electrons. The second-order valence-electron chi connectivity index (χ2n) is 6.70. The number of hydrogen-bond acceptors (Lipinski definition) is 7. The first-order chi connectivity index (χ1) is 13.9. The standard InChI is InChI=1S/C20H24N2O6S/c1-22-7-6-12-15(10-22)29-19(16(12)20(24)28-5)21-18(23)11-8-13(25-2)17(27-4)14(9-11)26-3/h8-9H,6-7,10H2,1-5H3,(H,21,23)/p+1. The molecule has 2 aromatic rings. The molecule has 9 heteroatoms. The predicted molar refractivity (Wildman–Crippen MR) is 109 cm³/mol. The molecule has 29 heavy (non-hydrogen) atoms. The molecule has 1 unspecified atom stereocenters. The smallest absolute Gasteiger partial charge is 0.341 e. The molecule has 0 aliphatic carbocycles. The number of amides is 1. The zero-order valence-electron chi connectivity index (χ0n) is 17.1. The maximum absolute atomic E-state index is 13.0. The van der Waals surface area contributed by atoms with E-state index in [1.807, 2.05) is 0 Å². The van der Waals surface area contributed by atoms with Gasteiger partial charge in [-0.2, -0.15) is 0 Å². The van der Waals surface area contributed by atoms with Gasteiger partial charge in [0.25, 0.3) is 5.91 Å². The lowest BCUT2D eigenvalue weighted by Crippen LogP contribution is -3.08. The molecular weight excluding hydrogens is 396 g/mol. The quantitative estimate of drug-likeness (QED) is 0.686. The van der Waals surface area contributed by atoms with Gasteiger partial charge in [-0.3, -0.25) is 4.79 Å². The van der Waals surface area contributed by atoms with Crippen molar-refractivity contribution in [2.75, 3.05) is 47.3 Å². The Balaban J connectivity index is 1.98. The zero-order valence-corrected chi connectivity index (χ0v) is 18.0. The molecule has 1 amide bonds. The number of likely N-dealkylation sites (N-methyl/N-ethyl adjacent to an activating group) is 1. The Morgan fingerprint density at radius 1 is 1.07 bits per heavy atom. The number of hydrogen-bond donors (Lipinski definition) is 2. The van der Waals surface area contributed by atoms with E-state index in [9.17, 15) is 9.59 Å². The number of anilines is 1. The van der Waals surface area contributed by atoms with E-state index in [4.69, 9.17) is 18.9 Å². The second-order valence-corrected chi connectivity index (χ2v) is 7.81. The first-order valence-electron chi connectivity index (χ1n) is 9.08. The van der Waals surface area contributed by atoms with Crippen molar-refractivity contribution in [3.63, 3.8) is 0 Å². The first-order valence-corrected chi connectivity index (χ1v) is 9.90. The number of ether oxygens (including phenoxy) is 4. The molecule has 156 valence electrons. The third-order valence-corrected chi connectivity index (χ3v) is 6.05. The summed E-state index contributed by atoms with van der Waals surface area (Å²) in [6.45, 7) is 1.73. The maximum Gasteiger partial charge on any atom is 0.341 e. The van der Waals surface area contributed by atoms with Crippen LogP contribution in [0.2, 0.25) is 0 Å². The van der Waals surface area contributed by atoms with Crippen LogP contribution in [0.5, 0.6) is 17.2 Å². The minimum absolute atomic E-state index is 0.324. The van der Waals surface area contributed by atoms with Crippen LogP contribution in [0, 0.1) is 0 Å². The van der Waals surface area contributed by atoms with Crippen LogP contribution < -0.4 is 24.4 Å². The number of quaternary nitrogens is 1. The van der Waals surface area contributed by atoms with Crippen molar-refractivity contribution in [1.82, 2.24) is 0 Å². The molecule has 1 aliphatic heterocycles. The third-order valence-electron chi connectivity index (χ3n) is 4.90. The Morgan fingerprint density at radius 2 is 1.72 bits per heavy atom. The lowest BCUT2D eigenvalue weighted by molar-refractivity contribution is -0.895. The van der Waals surface area contributed by atoms with Crippen molar-refractivity contribution in [3.05, 3.63) is 33.7 Å². The van der Waals surface area contributed by atoms with E-state index in [2.05, 4.69) is 12.4 Å². The van der Waals surface area contributed by atoms with Gasteiger partial charge in [0.05, 0.1) is 52.5 Å². The van der Waals surface area contributed by atoms with Crippen LogP contribution in [-0.2, 0) is 17.7 Å². The van der Waals surface area contributed by atoms with Gasteiger partial charge >= 0.3 is 5.97 Å². The van der Waals surface area contributed by atoms with Gasteiger partial charge < -0.3 is 29.2 Å². The topological polar surface area (TPSA) is 87.5 Å². The van der Waals surface area contributed by atoms with Crippen LogP contribution in [0.4, 0.5) is 5.00 Å². The number of esters is 1. The number of methoxy groups -OCH3 is 4. The number of nitrogens with one attached hydrogen (secondary N) is 2. The highest BCUT2D eigenvalue weighted by molar-refractivity contribution is 7.17. The highest BCUT2D eigenvalue weighted by atomic mass is 32.1. The normalized spacial score (nSPS) is 15.3. The van der Waals surface area contributed by atoms with Crippen LogP contribution in [0.3, 0.4) is 0 Å². The summed E-state index contributed by atoms with van der Waals surface area (Å²) in [7, 11) is 7.92. The number of carbonyl (C=O) groups is 2. The molecule has 8 nitrogen and oxygen atoms in total. The summed E-state index contributed by atoms with van der Waals surface area (Å²) in [5, 5.41) is 3.37. The van der Waals surface area contributed by atoms with Crippen molar-refractivity contribution >= 4 is 28.2 Å². The summed E-state index contributed by atoms with van der Waals surface area (Å²) in [6, 6.07) is 3.14. The summed E-state index contributed by atoms with van der Waals surface area (Å²) in [6.07, 6.45) is 0.766. The maximum atomic E-state index is 13.0. The van der Waals surface area contributed by atoms with Crippen LogP contribution in [0.1, 0.15) is 31.2 Å². The fraction of sp³-hybridized carbons (Fsp3) is 0.400. The predicted octanol–water partition coefficient (Wildman–Crippen LogP) is 1.38. The molecule has 0 fully saturated rings. The van der Waals surface area contributed by atoms with Crippen LogP contribution >= 0.6 is 11.3 Å². The summed E-state index contributed by atoms with van der Waals surface area (Å²) >= 11 is 1.42. The van der Waals surface area contributed by atoms with Crippen molar-refractivity contribution in [2.45, 2.75) is 13.0 Å². The molecule has 3 rings (SSSR count). The minimum atomic E-state index is -0.442. The number of rotatable bonds is 6. The fourth-order valence-electron chi connectivity index (χ4n) is 3.41. The Hall–Kier alpha value is -2.78. The van der Waals surface area contributed by atoms with E-state index >= 15 is 0 Å². The fourth-order valence-corrected chi connectivity index (χ4v) is 4.76. The number of thiophene rings is 1. The average molecular weight is 421 g/mol. The lowest BCUT2D eigenvalue weighted by atomic mass is 10.0. The number of fused-ring (bicyclic) bond motifs is 1. The molecule has 2 heterocycles. The van der Waals surface area contributed by atoms with E-state index < -0.39 is 5.97 Å². The first kappa shape index (κ1) is 20.9. The highest BCUT2D eigenvalue weighted by Crippen LogP contribution is 2.39. The number of benzene rings is 1. The summed E-state index contributed by atoms with van der Waals surface area (Å²) < 4.78 is 20.9. The van der Waals surface area contributed by atoms with Gasteiger partial charge in [0.15, 0.2) is 11.5 Å². The minimum Gasteiger partial charge on any atom is -0.493 e. The molecule has 1 atom stereocenters. The van der Waals surface area contributed by atoms with Crippen molar-refractivity contribution < 1.29 is 33.4 Å². The van der Waals surface area contributed by atoms with Gasteiger partial charge in [0, 0.05) is 12.0 Å². The Labute approximate surface area is 173 Å². The molecule has 1 aliphatic rings. The van der Waals surface area contributed by atoms with Gasteiger partial charge in [0.2, 0.25) is 5.75 Å². The average Bonchev–Trinajstić information content (AvgIpc) is 3.08. The van der Waals surface area contributed by atoms with Gasteiger partial charge in [-0.25, -0.2) is 4.79 Å². The Kier molecular flexibility index (Phi) is 6.29. The van der Waals surface area contributed by atoms with E-state index in [0.29, 0.717) is 33.4 Å². The number of carbonyl (C=O) groups excluding carboxylic acids is 2. The SMILES string of the molecule is COC(=O)c1c(NC(=O)c2cc(OC)c(OC)c(OC)c2)sc2c1CC[NH+](C)C2. The van der Waals surface area contributed by atoms with Crippen molar-refractivity contribution in [1.29, 1.82) is 0 Å². The van der Waals surface area contributed by atoms with E-state index in [-0.39, 0.29) is 5.91 Å². The van der Waals surface area contributed by atoms with Gasteiger partial charge in [-0.1, -0.05) is 0 Å². The largest absolute Gasteiger partial charge is 0.493 e. The molecule has 1 aromatic carbocycles. The Bertz CT molecular complexity index is 914. The molecule has 2 N–H and O–H groups in total. The molecule has 0 saturated carbocycles. The van der Waals surface area contributed by atoms with Crippen LogP contribution in [0.15, 0.2) is 12.1 Å². The molecule has 0 saturated heterocycles. The zero-order chi connectivity index (χ0) is 21.1. The van der Waals surface area contributed by atoms with Gasteiger partial charge in [-0.15, -0.1) is 11.3 Å². The lowest BCUT2D eigenvalue weighted by Gasteiger charge is -2.19. The monoisotopic (exact) mass is 421 g/mol. The summed E-state index contributed by atoms with van der Waals surface area (Å²) in [5.41, 5.74) is 1.73. The second kappa shape index (κ2) is 8.71. The summed E-state index contributed by atoms with van der Waals surface area (Å²) in [5.74, 6) is 0.331. The van der Waals surface area contributed by atoms with Crippen LogP contribution in [0.25, 0.3) is 0 Å².